The van der Waals surface area contributed by atoms with Gasteiger partial charge in [-0.25, -0.2) is 13.1 Å². The Bertz CT molecular complexity index is 591. The van der Waals surface area contributed by atoms with E-state index in [-0.39, 0.29) is 38.5 Å². The van der Waals surface area contributed by atoms with Crippen LogP contribution in [-0.4, -0.2) is 26.7 Å². The summed E-state index contributed by atoms with van der Waals surface area (Å²) in [6.07, 6.45) is 2.38. The zero-order valence-electron chi connectivity index (χ0n) is 10.5. The van der Waals surface area contributed by atoms with Crippen molar-refractivity contribution in [2.45, 2.75) is 24.2 Å². The predicted molar refractivity (Wildman–Crippen MR) is 80.0 cm³/mol. The molecule has 4 nitrogen and oxygen atoms in total. The molecule has 0 atom stereocenters. The quantitative estimate of drug-likeness (QED) is 0.821. The van der Waals surface area contributed by atoms with E-state index in [2.05, 4.69) is 4.72 Å². The molecule has 2 rings (SSSR count). The number of aliphatic hydroxyl groups is 1. The lowest BCUT2D eigenvalue weighted by atomic mass is 10.0. The Balaban J connectivity index is 2.19. The van der Waals surface area contributed by atoms with Gasteiger partial charge < -0.3 is 5.11 Å². The van der Waals surface area contributed by atoms with Crippen molar-refractivity contribution in [2.24, 2.45) is 5.41 Å². The second-order valence-electron chi connectivity index (χ2n) is 5.00. The average Bonchev–Trinajstić information content (AvgIpc) is 3.06. The molecule has 1 aliphatic carbocycles. The van der Waals surface area contributed by atoms with E-state index >= 15 is 0 Å². The van der Waals surface area contributed by atoms with Crippen molar-refractivity contribution in [1.29, 1.82) is 0 Å². The zero-order valence-corrected chi connectivity index (χ0v) is 13.6. The predicted octanol–water partition coefficient (Wildman–Crippen LogP) is 3.09. The van der Waals surface area contributed by atoms with Crippen molar-refractivity contribution in [3.63, 3.8) is 0 Å². The van der Waals surface area contributed by atoms with E-state index in [1.165, 1.54) is 12.1 Å². The van der Waals surface area contributed by atoms with Crippen LogP contribution in [0.3, 0.4) is 0 Å². The van der Waals surface area contributed by atoms with Gasteiger partial charge in [-0.1, -0.05) is 34.8 Å². The molecule has 1 aromatic carbocycles. The van der Waals surface area contributed by atoms with Crippen LogP contribution in [0.5, 0.6) is 0 Å². The van der Waals surface area contributed by atoms with Gasteiger partial charge in [-0.05, 0) is 36.8 Å². The SMILES string of the molecule is O=S(=O)(NCC1(CCO)CC1)c1c(Cl)cc(Cl)cc1Cl. The highest BCUT2D eigenvalue weighted by molar-refractivity contribution is 7.89. The van der Waals surface area contributed by atoms with Crippen LogP contribution in [0.25, 0.3) is 0 Å². The monoisotopic (exact) mass is 357 g/mol. The van der Waals surface area contributed by atoms with Gasteiger partial charge in [-0.2, -0.15) is 0 Å². The molecule has 1 saturated carbocycles. The van der Waals surface area contributed by atoms with E-state index in [1.54, 1.807) is 0 Å². The van der Waals surface area contributed by atoms with Gasteiger partial charge in [0.15, 0.2) is 0 Å². The standard InChI is InChI=1S/C12H14Cl3NO3S/c13-8-5-9(14)11(10(15)6-8)20(18,19)16-7-12(1-2-12)3-4-17/h5-6,16-17H,1-4,7H2. The molecule has 0 radical (unpaired) electrons. The van der Waals surface area contributed by atoms with Crippen molar-refractivity contribution in [3.05, 3.63) is 27.2 Å². The minimum atomic E-state index is -3.80. The third-order valence-electron chi connectivity index (χ3n) is 3.47. The second-order valence-corrected chi connectivity index (χ2v) is 7.95. The fraction of sp³-hybridized carbons (Fsp3) is 0.500. The number of sulfonamides is 1. The second kappa shape index (κ2) is 5.99. The molecule has 0 unspecified atom stereocenters. The fourth-order valence-corrected chi connectivity index (χ4v) is 4.73. The van der Waals surface area contributed by atoms with Gasteiger partial charge in [0.05, 0.1) is 10.0 Å². The fourth-order valence-electron chi connectivity index (χ4n) is 2.04. The Kier molecular flexibility index (Phi) is 4.89. The van der Waals surface area contributed by atoms with Gasteiger partial charge in [0.2, 0.25) is 10.0 Å². The van der Waals surface area contributed by atoms with Crippen molar-refractivity contribution >= 4 is 44.8 Å². The lowest BCUT2D eigenvalue weighted by Crippen LogP contribution is -2.31. The summed E-state index contributed by atoms with van der Waals surface area (Å²) in [5.41, 5.74) is -0.132. The highest BCUT2D eigenvalue weighted by Gasteiger charge is 2.42. The summed E-state index contributed by atoms with van der Waals surface area (Å²) < 4.78 is 27.1. The van der Waals surface area contributed by atoms with Crippen LogP contribution in [0.1, 0.15) is 19.3 Å². The summed E-state index contributed by atoms with van der Waals surface area (Å²) >= 11 is 17.6. The molecule has 1 aromatic rings. The van der Waals surface area contributed by atoms with E-state index in [1.807, 2.05) is 0 Å². The molecule has 8 heteroatoms. The highest BCUT2D eigenvalue weighted by atomic mass is 35.5. The maximum atomic E-state index is 12.3. The molecule has 2 N–H and O–H groups in total. The van der Waals surface area contributed by atoms with E-state index in [0.29, 0.717) is 6.42 Å². The molecular weight excluding hydrogens is 345 g/mol. The van der Waals surface area contributed by atoms with Crippen LogP contribution in [0.2, 0.25) is 15.1 Å². The molecule has 0 saturated heterocycles. The molecule has 0 bridgehead atoms. The minimum Gasteiger partial charge on any atom is -0.396 e. The first-order chi connectivity index (χ1) is 9.30. The van der Waals surface area contributed by atoms with Crippen molar-refractivity contribution in [1.82, 2.24) is 4.72 Å². The zero-order chi connectivity index (χ0) is 15.0. The Hall–Kier alpha value is -0.0400. The normalized spacial score (nSPS) is 17.2. The van der Waals surface area contributed by atoms with Crippen molar-refractivity contribution in [3.8, 4) is 0 Å². The summed E-state index contributed by atoms with van der Waals surface area (Å²) in [7, 11) is -3.80. The third kappa shape index (κ3) is 3.59. The largest absolute Gasteiger partial charge is 0.396 e. The maximum Gasteiger partial charge on any atom is 0.243 e. The van der Waals surface area contributed by atoms with Crippen LogP contribution in [0.4, 0.5) is 0 Å². The van der Waals surface area contributed by atoms with Crippen LogP contribution < -0.4 is 4.72 Å². The smallest absolute Gasteiger partial charge is 0.243 e. The van der Waals surface area contributed by atoms with Gasteiger partial charge in [-0.3, -0.25) is 0 Å². The average molecular weight is 359 g/mol. The number of rotatable bonds is 6. The molecule has 20 heavy (non-hydrogen) atoms. The summed E-state index contributed by atoms with van der Waals surface area (Å²) in [6.45, 7) is 0.315. The lowest BCUT2D eigenvalue weighted by molar-refractivity contribution is 0.249. The topological polar surface area (TPSA) is 66.4 Å². The minimum absolute atomic E-state index is 0.0120. The van der Waals surface area contributed by atoms with E-state index in [0.717, 1.165) is 12.8 Å². The number of nitrogens with one attached hydrogen (secondary N) is 1. The number of hydrogen-bond acceptors (Lipinski definition) is 3. The maximum absolute atomic E-state index is 12.3. The summed E-state index contributed by atoms with van der Waals surface area (Å²) in [5, 5.41) is 9.22. The number of halogens is 3. The number of aliphatic hydroxyl groups excluding tert-OH is 1. The van der Waals surface area contributed by atoms with Crippen LogP contribution in [0, 0.1) is 5.41 Å². The van der Waals surface area contributed by atoms with Gasteiger partial charge in [0.25, 0.3) is 0 Å². The van der Waals surface area contributed by atoms with Gasteiger partial charge in [0.1, 0.15) is 4.90 Å². The van der Waals surface area contributed by atoms with Gasteiger partial charge in [0, 0.05) is 18.2 Å². The molecular formula is C12H14Cl3NO3S. The van der Waals surface area contributed by atoms with E-state index in [9.17, 15) is 8.42 Å². The summed E-state index contributed by atoms with van der Waals surface area (Å²) in [4.78, 5) is -0.162. The Labute approximate surface area is 133 Å². The Morgan fingerprint density at radius 3 is 2.20 bits per heavy atom. The van der Waals surface area contributed by atoms with Gasteiger partial charge in [-0.15, -0.1) is 0 Å². The molecule has 0 aliphatic heterocycles. The van der Waals surface area contributed by atoms with Crippen molar-refractivity contribution in [2.75, 3.05) is 13.2 Å². The summed E-state index contributed by atoms with van der Waals surface area (Å²) in [6, 6.07) is 2.67. The molecule has 0 heterocycles. The molecule has 112 valence electrons. The first kappa shape index (κ1) is 16.3. The lowest BCUT2D eigenvalue weighted by Gasteiger charge is -2.16. The van der Waals surface area contributed by atoms with Gasteiger partial charge >= 0.3 is 0 Å². The first-order valence-corrected chi connectivity index (χ1v) is 8.66. The Morgan fingerprint density at radius 1 is 1.20 bits per heavy atom. The molecule has 0 aromatic heterocycles. The molecule has 0 amide bonds. The van der Waals surface area contributed by atoms with Crippen LogP contribution in [-0.2, 0) is 10.0 Å². The van der Waals surface area contributed by atoms with Crippen molar-refractivity contribution < 1.29 is 13.5 Å². The Morgan fingerprint density at radius 2 is 1.75 bits per heavy atom. The van der Waals surface area contributed by atoms with Crippen LogP contribution in [0.15, 0.2) is 17.0 Å². The molecule has 0 spiro atoms. The van der Waals surface area contributed by atoms with E-state index in [4.69, 9.17) is 39.9 Å². The molecule has 1 aliphatic rings. The highest BCUT2D eigenvalue weighted by Crippen LogP contribution is 2.48. The summed E-state index contributed by atoms with van der Waals surface area (Å²) in [5.74, 6) is 0. The first-order valence-electron chi connectivity index (χ1n) is 6.05. The van der Waals surface area contributed by atoms with E-state index < -0.39 is 10.0 Å². The number of benzene rings is 1. The number of hydrogen-bond donors (Lipinski definition) is 2. The van der Waals surface area contributed by atoms with Crippen LogP contribution >= 0.6 is 34.8 Å². The third-order valence-corrected chi connectivity index (χ3v) is 6.01. The molecule has 1 fully saturated rings.